The second kappa shape index (κ2) is 7.30. The van der Waals surface area contributed by atoms with Crippen LogP contribution < -0.4 is 4.72 Å². The van der Waals surface area contributed by atoms with E-state index in [0.717, 1.165) is 0 Å². The lowest BCUT2D eigenvalue weighted by Crippen LogP contribution is -2.47. The van der Waals surface area contributed by atoms with Gasteiger partial charge in [0.05, 0.1) is 4.88 Å². The Balaban J connectivity index is 1.63. The third kappa shape index (κ3) is 3.70. The molecule has 1 aliphatic carbocycles. The number of halogens is 4. The second-order valence-corrected chi connectivity index (χ2v) is 11.0. The number of aliphatic carboxylic acids is 1. The van der Waals surface area contributed by atoms with E-state index in [1.807, 2.05) is 0 Å². The number of hydrogen-bond donors (Lipinski definition) is 2. The predicted molar refractivity (Wildman–Crippen MR) is 109 cm³/mol. The first-order chi connectivity index (χ1) is 14.8. The Hall–Kier alpha value is -2.41. The first kappa shape index (κ1) is 22.8. The summed E-state index contributed by atoms with van der Waals surface area (Å²) < 4.78 is 70.4. The molecule has 0 unspecified atom stereocenters. The van der Waals surface area contributed by atoms with Gasteiger partial charge in [0.25, 0.3) is 10.0 Å². The molecule has 0 bridgehead atoms. The van der Waals surface area contributed by atoms with Gasteiger partial charge in [-0.2, -0.15) is 17.9 Å². The SMILES string of the molecule is C[C@]1(c2cccc(Cl)c2)C[C@@]1(NS(=O)(=O)c1ccc(-c2cc(C(F)(F)F)on2)s1)C(=O)O. The van der Waals surface area contributed by atoms with Gasteiger partial charge in [-0.25, -0.2) is 8.42 Å². The molecule has 1 aliphatic rings. The molecule has 2 heterocycles. The van der Waals surface area contributed by atoms with Crippen molar-refractivity contribution in [1.29, 1.82) is 0 Å². The minimum atomic E-state index is -4.73. The summed E-state index contributed by atoms with van der Waals surface area (Å²) in [5, 5.41) is 13.6. The normalized spacial score (nSPS) is 23.3. The maximum atomic E-state index is 13.0. The molecule has 0 radical (unpaired) electrons. The molecule has 3 aromatic rings. The number of carboxylic acid groups (broad SMARTS) is 1. The monoisotopic (exact) mass is 506 g/mol. The van der Waals surface area contributed by atoms with Crippen LogP contribution in [0.4, 0.5) is 13.2 Å². The number of hydrogen-bond acceptors (Lipinski definition) is 6. The van der Waals surface area contributed by atoms with Gasteiger partial charge >= 0.3 is 12.1 Å². The molecule has 0 spiro atoms. The predicted octanol–water partition coefficient (Wildman–Crippen LogP) is 4.54. The molecule has 4 rings (SSSR count). The summed E-state index contributed by atoms with van der Waals surface area (Å²) in [5.41, 5.74) is -2.49. The number of aromatic nitrogens is 1. The van der Waals surface area contributed by atoms with Crippen molar-refractivity contribution >= 4 is 38.9 Å². The summed E-state index contributed by atoms with van der Waals surface area (Å²) in [6, 6.07) is 9.59. The van der Waals surface area contributed by atoms with Gasteiger partial charge in [-0.3, -0.25) is 4.79 Å². The molecule has 1 fully saturated rings. The van der Waals surface area contributed by atoms with Crippen LogP contribution in [0.25, 0.3) is 10.6 Å². The van der Waals surface area contributed by atoms with Crippen molar-refractivity contribution < 1.29 is 36.0 Å². The lowest BCUT2D eigenvalue weighted by molar-refractivity contribution is -0.155. The number of sulfonamides is 1. The maximum absolute atomic E-state index is 13.0. The lowest BCUT2D eigenvalue weighted by Gasteiger charge is -2.20. The average Bonchev–Trinajstić information content (AvgIpc) is 3.12. The van der Waals surface area contributed by atoms with Gasteiger partial charge in [0.1, 0.15) is 15.4 Å². The Morgan fingerprint density at radius 1 is 1.28 bits per heavy atom. The molecule has 32 heavy (non-hydrogen) atoms. The molecule has 13 heteroatoms. The van der Waals surface area contributed by atoms with Gasteiger partial charge in [-0.05, 0) is 36.2 Å². The van der Waals surface area contributed by atoms with E-state index in [0.29, 0.717) is 28.0 Å². The Bertz CT molecular complexity index is 1320. The summed E-state index contributed by atoms with van der Waals surface area (Å²) in [4.78, 5) is 12.2. The van der Waals surface area contributed by atoms with Crippen LogP contribution in [0.2, 0.25) is 5.02 Å². The first-order valence-electron chi connectivity index (χ1n) is 8.96. The van der Waals surface area contributed by atoms with Crippen LogP contribution in [0.1, 0.15) is 24.7 Å². The van der Waals surface area contributed by atoms with Gasteiger partial charge in [0.2, 0.25) is 5.76 Å². The highest BCUT2D eigenvalue weighted by Gasteiger charge is 2.72. The third-order valence-corrected chi connectivity index (χ3v) is 8.79. The minimum absolute atomic E-state index is 0.00856. The molecule has 2 atom stereocenters. The number of benzene rings is 1. The van der Waals surface area contributed by atoms with E-state index >= 15 is 0 Å². The van der Waals surface area contributed by atoms with E-state index in [1.54, 1.807) is 31.2 Å². The Morgan fingerprint density at radius 2 is 2.00 bits per heavy atom. The zero-order chi connectivity index (χ0) is 23.5. The van der Waals surface area contributed by atoms with Crippen molar-refractivity contribution in [2.24, 2.45) is 0 Å². The van der Waals surface area contributed by atoms with E-state index in [1.165, 1.54) is 12.1 Å². The minimum Gasteiger partial charge on any atom is -0.480 e. The smallest absolute Gasteiger partial charge is 0.452 e. The van der Waals surface area contributed by atoms with E-state index < -0.39 is 38.9 Å². The number of nitrogens with one attached hydrogen (secondary N) is 1. The molecule has 0 aliphatic heterocycles. The standard InChI is InChI=1S/C19H14ClF3N2O5S2/c1-17(10-3-2-4-11(20)7-10)9-18(17,16(26)27)25-32(28,29)15-6-5-13(31-15)12-8-14(30-24-12)19(21,22)23/h2-8,25H,9H2,1H3,(H,26,27)/t17-,18-/m1/s1. The van der Waals surface area contributed by atoms with Crippen molar-refractivity contribution in [2.75, 3.05) is 0 Å². The molecule has 1 aromatic carbocycles. The highest BCUT2D eigenvalue weighted by molar-refractivity contribution is 7.91. The molecule has 2 aromatic heterocycles. The van der Waals surface area contributed by atoms with Crippen LogP contribution in [-0.2, 0) is 26.4 Å². The molecule has 7 nitrogen and oxygen atoms in total. The van der Waals surface area contributed by atoms with E-state index in [2.05, 4.69) is 14.4 Å². The highest BCUT2D eigenvalue weighted by Crippen LogP contribution is 2.58. The Morgan fingerprint density at radius 3 is 2.59 bits per heavy atom. The van der Waals surface area contributed by atoms with Crippen LogP contribution in [-0.4, -0.2) is 30.2 Å². The fourth-order valence-electron chi connectivity index (χ4n) is 3.58. The van der Waals surface area contributed by atoms with Crippen LogP contribution in [0, 0.1) is 0 Å². The van der Waals surface area contributed by atoms with Gasteiger partial charge in [0.15, 0.2) is 0 Å². The van der Waals surface area contributed by atoms with E-state index in [4.69, 9.17) is 11.6 Å². The van der Waals surface area contributed by atoms with Gasteiger partial charge < -0.3 is 9.63 Å². The maximum Gasteiger partial charge on any atom is 0.452 e. The quantitative estimate of drug-likeness (QED) is 0.508. The lowest BCUT2D eigenvalue weighted by atomic mass is 9.93. The Labute approximate surface area is 188 Å². The van der Waals surface area contributed by atoms with E-state index in [9.17, 15) is 31.5 Å². The second-order valence-electron chi connectivity index (χ2n) is 7.53. The van der Waals surface area contributed by atoms with E-state index in [-0.39, 0.29) is 21.2 Å². The fourth-order valence-corrected chi connectivity index (χ4v) is 6.48. The number of thiophene rings is 1. The van der Waals surface area contributed by atoms with Crippen molar-refractivity contribution in [3.63, 3.8) is 0 Å². The molecular formula is C19H14ClF3N2O5S2. The van der Waals surface area contributed by atoms with Crippen LogP contribution in [0.5, 0.6) is 0 Å². The van der Waals surface area contributed by atoms with Crippen molar-refractivity contribution in [3.05, 3.63) is 58.8 Å². The third-order valence-electron chi connectivity index (χ3n) is 5.46. The summed E-state index contributed by atoms with van der Waals surface area (Å²) in [6.45, 7) is 1.61. The molecule has 1 saturated carbocycles. The van der Waals surface area contributed by atoms with Gasteiger partial charge in [-0.15, -0.1) is 11.3 Å². The molecule has 2 N–H and O–H groups in total. The number of carboxylic acids is 1. The number of rotatable bonds is 6. The van der Waals surface area contributed by atoms with Crippen molar-refractivity contribution in [1.82, 2.24) is 9.88 Å². The van der Waals surface area contributed by atoms with Crippen LogP contribution >= 0.6 is 22.9 Å². The summed E-state index contributed by atoms with van der Waals surface area (Å²) in [6.07, 6.45) is -4.74. The van der Waals surface area contributed by atoms with Crippen LogP contribution in [0.15, 0.2) is 51.2 Å². The molecule has 0 amide bonds. The van der Waals surface area contributed by atoms with Gasteiger partial charge in [-0.1, -0.05) is 35.8 Å². The fraction of sp³-hybridized carbons (Fsp3) is 0.263. The zero-order valence-corrected chi connectivity index (χ0v) is 18.5. The molecule has 170 valence electrons. The summed E-state index contributed by atoms with van der Waals surface area (Å²) in [7, 11) is -4.32. The first-order valence-corrected chi connectivity index (χ1v) is 11.6. The topological polar surface area (TPSA) is 110 Å². The van der Waals surface area contributed by atoms with Crippen molar-refractivity contribution in [2.45, 2.75) is 34.7 Å². The number of carbonyl (C=O) groups is 1. The number of alkyl halides is 3. The highest BCUT2D eigenvalue weighted by atomic mass is 35.5. The summed E-state index contributed by atoms with van der Waals surface area (Å²) in [5.74, 6) is -2.67. The summed E-state index contributed by atoms with van der Waals surface area (Å²) >= 11 is 6.64. The molecular weight excluding hydrogens is 493 g/mol. The largest absolute Gasteiger partial charge is 0.480 e. The number of nitrogens with zero attached hydrogens (tertiary/aromatic N) is 1. The average molecular weight is 507 g/mol. The Kier molecular flexibility index (Phi) is 5.20. The van der Waals surface area contributed by atoms with Crippen LogP contribution in [0.3, 0.4) is 0 Å². The zero-order valence-electron chi connectivity index (χ0n) is 16.1. The molecule has 0 saturated heterocycles. The van der Waals surface area contributed by atoms with Gasteiger partial charge in [0, 0.05) is 16.5 Å². The van der Waals surface area contributed by atoms with Crippen molar-refractivity contribution in [3.8, 4) is 10.6 Å².